The highest BCUT2D eigenvalue weighted by atomic mass is 79.9. The molecule has 12 heavy (non-hydrogen) atoms. The molecular formula is C8H8BrN3. The molecule has 0 saturated heterocycles. The maximum Gasteiger partial charge on any atom is 0.0717 e. The SMILES string of the molecule is NCc1cnn2ccc(Br)cc12. The van der Waals surface area contributed by atoms with Crippen LogP contribution < -0.4 is 5.73 Å². The lowest BCUT2D eigenvalue weighted by molar-refractivity contribution is 0.959. The summed E-state index contributed by atoms with van der Waals surface area (Å²) in [5, 5.41) is 4.15. The Labute approximate surface area is 78.3 Å². The van der Waals surface area contributed by atoms with Crippen molar-refractivity contribution < 1.29 is 0 Å². The fourth-order valence-corrected chi connectivity index (χ4v) is 1.50. The summed E-state index contributed by atoms with van der Waals surface area (Å²) >= 11 is 3.40. The van der Waals surface area contributed by atoms with Crippen molar-refractivity contribution in [3.05, 3.63) is 34.6 Å². The van der Waals surface area contributed by atoms with Crippen molar-refractivity contribution in [1.82, 2.24) is 9.61 Å². The first-order valence-corrected chi connectivity index (χ1v) is 4.42. The number of rotatable bonds is 1. The molecule has 4 heteroatoms. The van der Waals surface area contributed by atoms with Gasteiger partial charge in [0.05, 0.1) is 11.7 Å². The fraction of sp³-hybridized carbons (Fsp3) is 0.125. The zero-order chi connectivity index (χ0) is 8.55. The first-order chi connectivity index (χ1) is 5.81. The Balaban J connectivity index is 2.75. The molecule has 0 aliphatic rings. The summed E-state index contributed by atoms with van der Waals surface area (Å²) in [6.45, 7) is 0.528. The molecule has 0 aromatic carbocycles. The molecule has 0 radical (unpaired) electrons. The molecule has 0 spiro atoms. The highest BCUT2D eigenvalue weighted by molar-refractivity contribution is 9.10. The molecule has 2 heterocycles. The average molecular weight is 226 g/mol. The van der Waals surface area contributed by atoms with E-state index in [4.69, 9.17) is 5.73 Å². The summed E-state index contributed by atoms with van der Waals surface area (Å²) in [7, 11) is 0. The largest absolute Gasteiger partial charge is 0.326 e. The van der Waals surface area contributed by atoms with Crippen LogP contribution in [0.4, 0.5) is 0 Å². The summed E-state index contributed by atoms with van der Waals surface area (Å²) in [6.07, 6.45) is 3.69. The minimum atomic E-state index is 0.528. The molecule has 0 atom stereocenters. The van der Waals surface area contributed by atoms with E-state index >= 15 is 0 Å². The van der Waals surface area contributed by atoms with Gasteiger partial charge < -0.3 is 5.73 Å². The summed E-state index contributed by atoms with van der Waals surface area (Å²) < 4.78 is 2.86. The quantitative estimate of drug-likeness (QED) is 0.801. The van der Waals surface area contributed by atoms with Crippen LogP contribution in [0.3, 0.4) is 0 Å². The van der Waals surface area contributed by atoms with E-state index in [1.807, 2.05) is 22.8 Å². The summed E-state index contributed by atoms with van der Waals surface area (Å²) in [5.41, 5.74) is 7.67. The number of nitrogens with zero attached hydrogens (tertiary/aromatic N) is 2. The van der Waals surface area contributed by atoms with Gasteiger partial charge >= 0.3 is 0 Å². The van der Waals surface area contributed by atoms with E-state index in [1.165, 1.54) is 0 Å². The second-order valence-electron chi connectivity index (χ2n) is 2.55. The number of fused-ring (bicyclic) bond motifs is 1. The van der Waals surface area contributed by atoms with E-state index in [2.05, 4.69) is 21.0 Å². The van der Waals surface area contributed by atoms with Crippen LogP contribution in [0.25, 0.3) is 5.52 Å². The predicted molar refractivity (Wildman–Crippen MR) is 50.8 cm³/mol. The Morgan fingerprint density at radius 3 is 3.17 bits per heavy atom. The Hall–Kier alpha value is -0.870. The van der Waals surface area contributed by atoms with Crippen molar-refractivity contribution in [2.75, 3.05) is 0 Å². The number of aromatic nitrogens is 2. The fourth-order valence-electron chi connectivity index (χ4n) is 1.16. The Bertz CT molecular complexity index is 408. The van der Waals surface area contributed by atoms with Gasteiger partial charge in [-0.25, -0.2) is 4.52 Å². The van der Waals surface area contributed by atoms with Crippen LogP contribution in [0, 0.1) is 0 Å². The molecule has 2 N–H and O–H groups in total. The predicted octanol–water partition coefficient (Wildman–Crippen LogP) is 1.56. The van der Waals surface area contributed by atoms with Crippen LogP contribution in [0.2, 0.25) is 0 Å². The molecule has 0 amide bonds. The lowest BCUT2D eigenvalue weighted by Crippen LogP contribution is -1.95. The minimum absolute atomic E-state index is 0.528. The van der Waals surface area contributed by atoms with Crippen LogP contribution >= 0.6 is 15.9 Å². The van der Waals surface area contributed by atoms with E-state index in [0.717, 1.165) is 15.6 Å². The van der Waals surface area contributed by atoms with Gasteiger partial charge in [-0.05, 0) is 12.1 Å². The maximum atomic E-state index is 5.54. The minimum Gasteiger partial charge on any atom is -0.326 e. The second-order valence-corrected chi connectivity index (χ2v) is 3.46. The molecule has 2 aromatic heterocycles. The van der Waals surface area contributed by atoms with Crippen molar-refractivity contribution in [3.8, 4) is 0 Å². The van der Waals surface area contributed by atoms with E-state index in [9.17, 15) is 0 Å². The molecule has 62 valence electrons. The van der Waals surface area contributed by atoms with Crippen LogP contribution in [-0.4, -0.2) is 9.61 Å². The normalized spacial score (nSPS) is 10.8. The highest BCUT2D eigenvalue weighted by Crippen LogP contribution is 2.15. The standard InChI is InChI=1S/C8H8BrN3/c9-7-1-2-12-8(3-7)6(4-10)5-11-12/h1-3,5H,4,10H2. The Morgan fingerprint density at radius 2 is 2.42 bits per heavy atom. The highest BCUT2D eigenvalue weighted by Gasteiger charge is 2.01. The summed E-state index contributed by atoms with van der Waals surface area (Å²) in [5.74, 6) is 0. The molecular weight excluding hydrogens is 218 g/mol. The van der Waals surface area contributed by atoms with Crippen LogP contribution in [-0.2, 0) is 6.54 Å². The zero-order valence-corrected chi connectivity index (χ0v) is 7.95. The van der Waals surface area contributed by atoms with Crippen molar-refractivity contribution >= 4 is 21.4 Å². The van der Waals surface area contributed by atoms with Crippen LogP contribution in [0.5, 0.6) is 0 Å². The third kappa shape index (κ3) is 1.13. The van der Waals surface area contributed by atoms with Gasteiger partial charge in [0.1, 0.15) is 0 Å². The van der Waals surface area contributed by atoms with Gasteiger partial charge in [0.2, 0.25) is 0 Å². The van der Waals surface area contributed by atoms with E-state index in [1.54, 1.807) is 6.20 Å². The molecule has 0 aliphatic carbocycles. The first kappa shape index (κ1) is 7.76. The molecule has 2 rings (SSSR count). The first-order valence-electron chi connectivity index (χ1n) is 3.63. The number of hydrogen-bond donors (Lipinski definition) is 1. The molecule has 2 aromatic rings. The van der Waals surface area contributed by atoms with Crippen LogP contribution in [0.1, 0.15) is 5.56 Å². The zero-order valence-electron chi connectivity index (χ0n) is 6.37. The monoisotopic (exact) mass is 225 g/mol. The maximum absolute atomic E-state index is 5.54. The molecule has 0 saturated carbocycles. The topological polar surface area (TPSA) is 43.3 Å². The Morgan fingerprint density at radius 1 is 1.58 bits per heavy atom. The van der Waals surface area contributed by atoms with Gasteiger partial charge in [-0.15, -0.1) is 0 Å². The van der Waals surface area contributed by atoms with Gasteiger partial charge in [0, 0.05) is 22.8 Å². The third-order valence-electron chi connectivity index (χ3n) is 1.78. The number of pyridine rings is 1. The average Bonchev–Trinajstić information content (AvgIpc) is 2.46. The summed E-state index contributed by atoms with van der Waals surface area (Å²) in [6, 6.07) is 3.95. The smallest absolute Gasteiger partial charge is 0.0717 e. The molecule has 0 unspecified atom stereocenters. The van der Waals surface area contributed by atoms with E-state index in [0.29, 0.717) is 6.54 Å². The van der Waals surface area contributed by atoms with Gasteiger partial charge in [-0.3, -0.25) is 0 Å². The van der Waals surface area contributed by atoms with Crippen molar-refractivity contribution in [1.29, 1.82) is 0 Å². The lowest BCUT2D eigenvalue weighted by Gasteiger charge is -1.95. The summed E-state index contributed by atoms with van der Waals surface area (Å²) in [4.78, 5) is 0. The Kier molecular flexibility index (Phi) is 1.86. The van der Waals surface area contributed by atoms with E-state index in [-0.39, 0.29) is 0 Å². The molecule has 3 nitrogen and oxygen atoms in total. The van der Waals surface area contributed by atoms with Gasteiger partial charge in [0.25, 0.3) is 0 Å². The van der Waals surface area contributed by atoms with Crippen molar-refractivity contribution in [3.63, 3.8) is 0 Å². The number of halogens is 1. The molecule has 0 bridgehead atoms. The number of hydrogen-bond acceptors (Lipinski definition) is 2. The molecule has 0 fully saturated rings. The van der Waals surface area contributed by atoms with Crippen LogP contribution in [0.15, 0.2) is 29.0 Å². The van der Waals surface area contributed by atoms with Crippen molar-refractivity contribution in [2.45, 2.75) is 6.54 Å². The second kappa shape index (κ2) is 2.88. The van der Waals surface area contributed by atoms with Gasteiger partial charge in [-0.1, -0.05) is 15.9 Å². The van der Waals surface area contributed by atoms with Gasteiger partial charge in [-0.2, -0.15) is 5.10 Å². The lowest BCUT2D eigenvalue weighted by atomic mass is 10.3. The third-order valence-corrected chi connectivity index (χ3v) is 2.28. The van der Waals surface area contributed by atoms with Gasteiger partial charge in [0.15, 0.2) is 0 Å². The van der Waals surface area contributed by atoms with Crippen molar-refractivity contribution in [2.24, 2.45) is 5.73 Å². The van der Waals surface area contributed by atoms with E-state index < -0.39 is 0 Å². The number of nitrogens with two attached hydrogens (primary N) is 1. The molecule has 0 aliphatic heterocycles.